The molecule has 1 aliphatic carbocycles. The number of nitrogens with zero attached hydrogens (tertiary/aromatic N) is 2. The summed E-state index contributed by atoms with van der Waals surface area (Å²) >= 11 is 0. The number of esters is 1. The third-order valence-corrected chi connectivity index (χ3v) is 6.05. The maximum Gasteiger partial charge on any atom is 0.426 e. The predicted molar refractivity (Wildman–Crippen MR) is 121 cm³/mol. The maximum atomic E-state index is 13.4. The van der Waals surface area contributed by atoms with E-state index in [1.165, 1.54) is 4.90 Å². The Balaban J connectivity index is 1.84. The monoisotopic (exact) mass is 480 g/mol. The summed E-state index contributed by atoms with van der Waals surface area (Å²) in [5.74, 6) is -1.22. The number of hydrazine groups is 1. The van der Waals surface area contributed by atoms with Gasteiger partial charge in [-0.1, -0.05) is 12.2 Å². The van der Waals surface area contributed by atoms with Gasteiger partial charge in [-0.3, -0.25) is 4.79 Å². The third-order valence-electron chi connectivity index (χ3n) is 6.05. The number of fused-ring (bicyclic) bond motifs is 2. The van der Waals surface area contributed by atoms with E-state index < -0.39 is 47.3 Å². The summed E-state index contributed by atoms with van der Waals surface area (Å²) in [4.78, 5) is 52.9. The molecular formula is C23H36N4O7. The number of rotatable bonds is 3. The van der Waals surface area contributed by atoms with E-state index in [0.29, 0.717) is 19.3 Å². The molecule has 11 heteroatoms. The average molecular weight is 481 g/mol. The third kappa shape index (κ3) is 5.99. The molecule has 0 aromatic heterocycles. The largest absolute Gasteiger partial charge is 0.464 e. The zero-order chi connectivity index (χ0) is 25.1. The van der Waals surface area contributed by atoms with Crippen molar-refractivity contribution in [3.05, 3.63) is 12.2 Å². The second-order valence-electron chi connectivity index (χ2n) is 10.0. The van der Waals surface area contributed by atoms with Crippen LogP contribution in [0, 0.1) is 5.92 Å². The zero-order valence-electron chi connectivity index (χ0n) is 20.3. The van der Waals surface area contributed by atoms with Crippen molar-refractivity contribution in [1.29, 1.82) is 0 Å². The summed E-state index contributed by atoms with van der Waals surface area (Å²) in [5, 5.41) is 14.2. The van der Waals surface area contributed by atoms with Crippen LogP contribution in [0.2, 0.25) is 0 Å². The highest BCUT2D eigenvalue weighted by atomic mass is 16.6. The van der Waals surface area contributed by atoms with E-state index in [1.54, 1.807) is 27.7 Å². The Morgan fingerprint density at radius 1 is 1.29 bits per heavy atom. The van der Waals surface area contributed by atoms with Crippen molar-refractivity contribution in [2.45, 2.75) is 83.1 Å². The first-order valence-electron chi connectivity index (χ1n) is 11.9. The van der Waals surface area contributed by atoms with Crippen molar-refractivity contribution in [2.75, 3.05) is 19.7 Å². The van der Waals surface area contributed by atoms with E-state index in [0.717, 1.165) is 11.4 Å². The van der Waals surface area contributed by atoms with Gasteiger partial charge in [0.15, 0.2) is 0 Å². The molecule has 4 atom stereocenters. The first-order chi connectivity index (χ1) is 16.0. The Morgan fingerprint density at radius 2 is 2.03 bits per heavy atom. The molecule has 2 aliphatic heterocycles. The molecule has 11 nitrogen and oxygen atoms in total. The van der Waals surface area contributed by atoms with Crippen LogP contribution in [0.15, 0.2) is 12.2 Å². The number of aliphatic hydroxyl groups is 1. The number of aliphatic hydroxyl groups excluding tert-OH is 1. The Kier molecular flexibility index (Phi) is 7.74. The number of hydrogen-bond acceptors (Lipinski definition) is 7. The second-order valence-corrected chi connectivity index (χ2v) is 10.0. The van der Waals surface area contributed by atoms with Crippen molar-refractivity contribution in [3.63, 3.8) is 0 Å². The molecule has 0 spiro atoms. The maximum absolute atomic E-state index is 13.4. The molecule has 1 saturated carbocycles. The molecule has 0 radical (unpaired) electrons. The van der Waals surface area contributed by atoms with E-state index in [-0.39, 0.29) is 32.0 Å². The molecule has 4 amide bonds. The van der Waals surface area contributed by atoms with Gasteiger partial charge in [-0.2, -0.15) is 0 Å². The minimum Gasteiger partial charge on any atom is -0.464 e. The van der Waals surface area contributed by atoms with E-state index in [1.807, 2.05) is 12.2 Å². The second kappa shape index (κ2) is 10.2. The Hall–Kier alpha value is -2.82. The molecule has 0 bridgehead atoms. The van der Waals surface area contributed by atoms with Crippen molar-refractivity contribution in [1.82, 2.24) is 20.7 Å². The van der Waals surface area contributed by atoms with Crippen LogP contribution in [0.3, 0.4) is 0 Å². The lowest BCUT2D eigenvalue weighted by Gasteiger charge is -2.32. The molecule has 2 heterocycles. The van der Waals surface area contributed by atoms with Crippen LogP contribution in [0.5, 0.6) is 0 Å². The molecule has 34 heavy (non-hydrogen) atoms. The fourth-order valence-corrected chi connectivity index (χ4v) is 4.34. The van der Waals surface area contributed by atoms with Gasteiger partial charge in [0.05, 0.1) is 12.7 Å². The van der Waals surface area contributed by atoms with Crippen LogP contribution in [0.4, 0.5) is 9.59 Å². The first kappa shape index (κ1) is 25.8. The van der Waals surface area contributed by atoms with E-state index in [4.69, 9.17) is 9.47 Å². The summed E-state index contributed by atoms with van der Waals surface area (Å²) in [6.45, 7) is 7.17. The highest BCUT2D eigenvalue weighted by molar-refractivity contribution is 5.95. The summed E-state index contributed by atoms with van der Waals surface area (Å²) < 4.78 is 10.5. The molecule has 3 rings (SSSR count). The molecule has 190 valence electrons. The van der Waals surface area contributed by atoms with Crippen molar-refractivity contribution < 1.29 is 33.8 Å². The number of nitrogens with one attached hydrogen (secondary N) is 2. The smallest absolute Gasteiger partial charge is 0.426 e. The number of urea groups is 1. The van der Waals surface area contributed by atoms with Gasteiger partial charge in [-0.15, -0.1) is 0 Å². The SMILES string of the molecule is CCOC(=O)[C@@]12C[C@H]1/C=C\CCCCN(NC(=O)OC(C)(C)C)C(=O)N1C[C@H](O)C[C@H]1C(=O)N2. The lowest BCUT2D eigenvalue weighted by molar-refractivity contribution is -0.149. The summed E-state index contributed by atoms with van der Waals surface area (Å²) in [5.41, 5.74) is 0.565. The standard InChI is InChI=1S/C23H36N4O7/c1-5-33-19(30)23-13-15(23)10-8-6-7-9-11-27(25-20(31)34-22(2,3)4)21(32)26-14-16(28)12-17(26)18(29)24-23/h8,10,15-17,28H,5-7,9,11-14H2,1-4H3,(H,24,29)(H,25,31)/b10-8-/t15-,16-,17+,23-/m1/s1. The predicted octanol–water partition coefficient (Wildman–Crippen LogP) is 1.46. The molecule has 0 unspecified atom stereocenters. The number of carbonyl (C=O) groups excluding carboxylic acids is 4. The average Bonchev–Trinajstić information content (AvgIpc) is 3.28. The minimum absolute atomic E-state index is 0.0251. The lowest BCUT2D eigenvalue weighted by Crippen LogP contribution is -2.58. The number of carbonyl (C=O) groups is 4. The summed E-state index contributed by atoms with van der Waals surface area (Å²) in [7, 11) is 0. The normalized spacial score (nSPS) is 30.9. The highest BCUT2D eigenvalue weighted by Crippen LogP contribution is 2.46. The van der Waals surface area contributed by atoms with Crippen LogP contribution >= 0.6 is 0 Å². The quantitative estimate of drug-likeness (QED) is 0.411. The van der Waals surface area contributed by atoms with Crippen LogP contribution in [0.1, 0.15) is 59.8 Å². The van der Waals surface area contributed by atoms with Crippen LogP contribution in [-0.4, -0.2) is 82.0 Å². The topological polar surface area (TPSA) is 138 Å². The number of amides is 4. The van der Waals surface area contributed by atoms with Crippen molar-refractivity contribution in [2.24, 2.45) is 5.92 Å². The van der Waals surface area contributed by atoms with Gasteiger partial charge in [0.2, 0.25) is 5.91 Å². The fraction of sp³-hybridized carbons (Fsp3) is 0.739. The van der Waals surface area contributed by atoms with Crippen LogP contribution in [0.25, 0.3) is 0 Å². The minimum atomic E-state index is -1.16. The van der Waals surface area contributed by atoms with Gasteiger partial charge >= 0.3 is 18.1 Å². The molecule has 2 fully saturated rings. The van der Waals surface area contributed by atoms with Gasteiger partial charge in [-0.05, 0) is 53.4 Å². The van der Waals surface area contributed by atoms with Crippen LogP contribution < -0.4 is 10.7 Å². The van der Waals surface area contributed by atoms with E-state index in [2.05, 4.69) is 10.7 Å². The number of ether oxygens (including phenoxy) is 2. The van der Waals surface area contributed by atoms with Gasteiger partial charge < -0.3 is 24.8 Å². The molecular weight excluding hydrogens is 444 g/mol. The molecule has 3 N–H and O–H groups in total. The molecule has 3 aliphatic rings. The van der Waals surface area contributed by atoms with Gasteiger partial charge in [0.25, 0.3) is 0 Å². The highest BCUT2D eigenvalue weighted by Gasteiger charge is 2.62. The molecule has 0 aromatic rings. The van der Waals surface area contributed by atoms with Gasteiger partial charge in [0, 0.05) is 25.4 Å². The fourth-order valence-electron chi connectivity index (χ4n) is 4.34. The van der Waals surface area contributed by atoms with Crippen molar-refractivity contribution >= 4 is 24.0 Å². The Bertz CT molecular complexity index is 840. The first-order valence-corrected chi connectivity index (χ1v) is 11.9. The van der Waals surface area contributed by atoms with Gasteiger partial charge in [-0.25, -0.2) is 24.8 Å². The lowest BCUT2D eigenvalue weighted by atomic mass is 10.1. The van der Waals surface area contributed by atoms with E-state index >= 15 is 0 Å². The van der Waals surface area contributed by atoms with Crippen LogP contribution in [-0.2, 0) is 19.1 Å². The van der Waals surface area contributed by atoms with Gasteiger partial charge in [0.1, 0.15) is 17.2 Å². The Labute approximate surface area is 199 Å². The van der Waals surface area contributed by atoms with E-state index in [9.17, 15) is 24.3 Å². The number of hydrogen-bond donors (Lipinski definition) is 3. The zero-order valence-corrected chi connectivity index (χ0v) is 20.3. The summed E-state index contributed by atoms with van der Waals surface area (Å²) in [6, 6.07) is -1.61. The Morgan fingerprint density at radius 3 is 2.71 bits per heavy atom. The molecule has 1 saturated heterocycles. The molecule has 0 aromatic carbocycles. The summed E-state index contributed by atoms with van der Waals surface area (Å²) in [6.07, 6.45) is 4.68. The number of allylic oxidation sites excluding steroid dienone is 1. The van der Waals surface area contributed by atoms with Crippen molar-refractivity contribution in [3.8, 4) is 0 Å².